The predicted octanol–water partition coefficient (Wildman–Crippen LogP) is 2.78. The molecule has 2 aromatic carbocycles. The largest absolute Gasteiger partial charge is 0.493 e. The summed E-state index contributed by atoms with van der Waals surface area (Å²) < 4.78 is 10.5. The molecule has 0 fully saturated rings. The van der Waals surface area contributed by atoms with Gasteiger partial charge >= 0.3 is 0 Å². The van der Waals surface area contributed by atoms with Crippen LogP contribution in [0.5, 0.6) is 11.5 Å². The van der Waals surface area contributed by atoms with Gasteiger partial charge in [0.1, 0.15) is 0 Å². The molecule has 1 amide bonds. The molecule has 0 spiro atoms. The van der Waals surface area contributed by atoms with Crippen LogP contribution in [0.3, 0.4) is 0 Å². The van der Waals surface area contributed by atoms with E-state index >= 15 is 0 Å². The minimum atomic E-state index is -0.653. The summed E-state index contributed by atoms with van der Waals surface area (Å²) in [5.41, 5.74) is 11.3. The van der Waals surface area contributed by atoms with E-state index in [1.807, 2.05) is 38.1 Å². The van der Waals surface area contributed by atoms with Crippen LogP contribution in [0.2, 0.25) is 0 Å². The Bertz CT molecular complexity index is 964. The average Bonchev–Trinajstić information content (AvgIpc) is 2.66. The molecular weight excluding hydrogens is 356 g/mol. The van der Waals surface area contributed by atoms with Gasteiger partial charge in [0.15, 0.2) is 17.2 Å². The molecule has 1 aliphatic heterocycles. The number of primary amides is 1. The molecule has 0 atom stereocenters. The first-order valence-corrected chi connectivity index (χ1v) is 8.88. The van der Waals surface area contributed by atoms with Gasteiger partial charge < -0.3 is 15.2 Å². The number of nitrogens with one attached hydrogen (secondary N) is 1. The summed E-state index contributed by atoms with van der Waals surface area (Å²) in [6.45, 7) is 4.03. The number of carbonyl (C=O) groups is 1. The van der Waals surface area contributed by atoms with Crippen LogP contribution in [0.4, 0.5) is 5.69 Å². The van der Waals surface area contributed by atoms with Crippen molar-refractivity contribution in [2.75, 3.05) is 19.6 Å². The molecule has 0 saturated carbocycles. The maximum absolute atomic E-state index is 12.2. The number of ether oxygens (including phenoxy) is 2. The van der Waals surface area contributed by atoms with Crippen LogP contribution in [0, 0.1) is 0 Å². The highest BCUT2D eigenvalue weighted by molar-refractivity contribution is 6.70. The third-order valence-electron chi connectivity index (χ3n) is 4.45. The zero-order chi connectivity index (χ0) is 20.3. The summed E-state index contributed by atoms with van der Waals surface area (Å²) in [5.74, 6) is 0.489. The van der Waals surface area contributed by atoms with E-state index in [4.69, 9.17) is 20.2 Å². The number of hydrazone groups is 1. The van der Waals surface area contributed by atoms with Crippen LogP contribution in [-0.4, -0.2) is 37.1 Å². The van der Waals surface area contributed by atoms with Crippen molar-refractivity contribution < 1.29 is 14.3 Å². The third-order valence-corrected chi connectivity index (χ3v) is 4.45. The molecule has 0 saturated heterocycles. The predicted molar refractivity (Wildman–Crippen MR) is 111 cm³/mol. The number of hydrogen-bond acceptors (Lipinski definition) is 6. The summed E-state index contributed by atoms with van der Waals surface area (Å²) in [5, 5.41) is 4.28. The van der Waals surface area contributed by atoms with Crippen LogP contribution in [0.15, 0.2) is 52.6 Å². The van der Waals surface area contributed by atoms with Gasteiger partial charge in [-0.05, 0) is 38.0 Å². The van der Waals surface area contributed by atoms with Crippen molar-refractivity contribution in [1.82, 2.24) is 0 Å². The zero-order valence-corrected chi connectivity index (χ0v) is 16.4. The zero-order valence-electron chi connectivity index (χ0n) is 16.4. The lowest BCUT2D eigenvalue weighted by molar-refractivity contribution is -0.111. The standard InChI is InChI=1S/C21H24N4O3/c1-21(2)12-13-7-5-6-8-15(13)18(23-21)19(20(22)26)25-24-14-9-10-16(27-3)17(11-14)28-4/h5-11,24H,12H2,1-4H3,(H2,22,26)/b25-19+. The molecule has 1 aliphatic rings. The van der Waals surface area contributed by atoms with E-state index in [-0.39, 0.29) is 11.3 Å². The van der Waals surface area contributed by atoms with E-state index in [0.717, 1.165) is 17.5 Å². The van der Waals surface area contributed by atoms with Gasteiger partial charge in [0.05, 0.1) is 31.2 Å². The number of rotatable bonds is 6. The molecule has 0 bridgehead atoms. The monoisotopic (exact) mass is 380 g/mol. The molecule has 7 heteroatoms. The van der Waals surface area contributed by atoms with Crippen molar-refractivity contribution in [3.63, 3.8) is 0 Å². The summed E-state index contributed by atoms with van der Waals surface area (Å²) in [4.78, 5) is 16.9. The Labute approximate surface area is 164 Å². The van der Waals surface area contributed by atoms with E-state index in [1.54, 1.807) is 32.4 Å². The number of fused-ring (bicyclic) bond motifs is 1. The molecule has 7 nitrogen and oxygen atoms in total. The Hall–Kier alpha value is -3.35. The Kier molecular flexibility index (Phi) is 5.35. The molecule has 0 unspecified atom stereocenters. The minimum absolute atomic E-state index is 0.0787. The Balaban J connectivity index is 2.00. The molecule has 3 rings (SSSR count). The van der Waals surface area contributed by atoms with Crippen molar-refractivity contribution >= 4 is 23.0 Å². The second kappa shape index (κ2) is 7.72. The van der Waals surface area contributed by atoms with E-state index < -0.39 is 5.91 Å². The first-order chi connectivity index (χ1) is 13.3. The highest BCUT2D eigenvalue weighted by Crippen LogP contribution is 2.30. The third kappa shape index (κ3) is 3.98. The van der Waals surface area contributed by atoms with E-state index in [0.29, 0.717) is 22.9 Å². The lowest BCUT2D eigenvalue weighted by Crippen LogP contribution is -2.38. The molecule has 28 heavy (non-hydrogen) atoms. The summed E-state index contributed by atoms with van der Waals surface area (Å²) >= 11 is 0. The van der Waals surface area contributed by atoms with Crippen LogP contribution >= 0.6 is 0 Å². The van der Waals surface area contributed by atoms with Crippen molar-refractivity contribution in [2.24, 2.45) is 15.8 Å². The molecule has 146 valence electrons. The Morgan fingerprint density at radius 1 is 1.14 bits per heavy atom. The smallest absolute Gasteiger partial charge is 0.271 e. The molecular formula is C21H24N4O3. The van der Waals surface area contributed by atoms with Gasteiger partial charge in [-0.2, -0.15) is 5.10 Å². The van der Waals surface area contributed by atoms with Crippen LogP contribution < -0.4 is 20.6 Å². The lowest BCUT2D eigenvalue weighted by Gasteiger charge is -2.28. The number of benzene rings is 2. The average molecular weight is 380 g/mol. The minimum Gasteiger partial charge on any atom is -0.493 e. The second-order valence-electron chi connectivity index (χ2n) is 7.11. The highest BCUT2D eigenvalue weighted by Gasteiger charge is 2.30. The Morgan fingerprint density at radius 2 is 1.86 bits per heavy atom. The van der Waals surface area contributed by atoms with Gasteiger partial charge in [0.25, 0.3) is 5.91 Å². The van der Waals surface area contributed by atoms with Gasteiger partial charge in [-0.15, -0.1) is 0 Å². The fraction of sp³-hybridized carbons (Fsp3) is 0.286. The summed E-state index contributed by atoms with van der Waals surface area (Å²) in [6, 6.07) is 13.1. The van der Waals surface area contributed by atoms with Gasteiger partial charge in [0, 0.05) is 11.6 Å². The number of methoxy groups -OCH3 is 2. The second-order valence-corrected chi connectivity index (χ2v) is 7.11. The number of anilines is 1. The topological polar surface area (TPSA) is 98.3 Å². The lowest BCUT2D eigenvalue weighted by atomic mass is 9.85. The van der Waals surface area contributed by atoms with Gasteiger partial charge in [-0.25, -0.2) is 0 Å². The Morgan fingerprint density at radius 3 is 2.54 bits per heavy atom. The maximum atomic E-state index is 12.2. The van der Waals surface area contributed by atoms with Crippen LogP contribution in [0.1, 0.15) is 25.0 Å². The number of hydrogen-bond donors (Lipinski definition) is 2. The first-order valence-electron chi connectivity index (χ1n) is 8.88. The fourth-order valence-electron chi connectivity index (χ4n) is 3.21. The van der Waals surface area contributed by atoms with E-state index in [2.05, 4.69) is 10.5 Å². The number of carbonyl (C=O) groups excluding carboxylic acids is 1. The highest BCUT2D eigenvalue weighted by atomic mass is 16.5. The van der Waals surface area contributed by atoms with Gasteiger partial charge in [-0.1, -0.05) is 24.3 Å². The number of aliphatic imine (C=N–C) groups is 1. The SMILES string of the molecule is COc1ccc(N/N=C(/C(N)=O)C2=NC(C)(C)Cc3ccccc32)cc1OC. The quantitative estimate of drug-likeness (QED) is 0.595. The van der Waals surface area contributed by atoms with Crippen molar-refractivity contribution in [3.8, 4) is 11.5 Å². The van der Waals surface area contributed by atoms with Crippen molar-refractivity contribution in [1.29, 1.82) is 0 Å². The molecule has 0 aliphatic carbocycles. The molecule has 0 radical (unpaired) electrons. The normalized spacial score (nSPS) is 15.3. The first kappa shape index (κ1) is 19.4. The van der Waals surface area contributed by atoms with E-state index in [1.165, 1.54) is 0 Å². The fourth-order valence-corrected chi connectivity index (χ4v) is 3.21. The molecule has 1 heterocycles. The van der Waals surface area contributed by atoms with Crippen molar-refractivity contribution in [2.45, 2.75) is 25.8 Å². The van der Waals surface area contributed by atoms with Gasteiger partial charge in [0.2, 0.25) is 0 Å². The molecule has 2 aromatic rings. The van der Waals surface area contributed by atoms with Gasteiger partial charge in [-0.3, -0.25) is 15.2 Å². The molecule has 0 aromatic heterocycles. The summed E-state index contributed by atoms with van der Waals surface area (Å²) in [6.07, 6.45) is 0.780. The number of nitrogens with zero attached hydrogens (tertiary/aromatic N) is 2. The van der Waals surface area contributed by atoms with Crippen LogP contribution in [0.25, 0.3) is 0 Å². The molecule has 3 N–H and O–H groups in total. The van der Waals surface area contributed by atoms with Crippen LogP contribution in [-0.2, 0) is 11.2 Å². The maximum Gasteiger partial charge on any atom is 0.271 e. The van der Waals surface area contributed by atoms with Crippen molar-refractivity contribution in [3.05, 3.63) is 53.6 Å². The number of nitrogens with two attached hydrogens (primary N) is 1. The summed E-state index contributed by atoms with van der Waals surface area (Å²) in [7, 11) is 3.12. The van der Waals surface area contributed by atoms with E-state index in [9.17, 15) is 4.79 Å². The number of amides is 1.